The summed E-state index contributed by atoms with van der Waals surface area (Å²) >= 11 is 0. The number of nitrogens with zero attached hydrogens (tertiary/aromatic N) is 3. The van der Waals surface area contributed by atoms with E-state index in [0.717, 1.165) is 38.6 Å². The van der Waals surface area contributed by atoms with Crippen LogP contribution in [0.25, 0.3) is 0 Å². The van der Waals surface area contributed by atoms with E-state index in [-0.39, 0.29) is 12.5 Å². The summed E-state index contributed by atoms with van der Waals surface area (Å²) in [5.74, 6) is 0.884. The van der Waals surface area contributed by atoms with E-state index in [0.29, 0.717) is 24.7 Å². The molecule has 24 heavy (non-hydrogen) atoms. The Labute approximate surface area is 143 Å². The molecule has 0 radical (unpaired) electrons. The number of aliphatic hydroxyl groups is 1. The standard InChI is InChI=1S/C17H29N3O4/c1-4-5-6-7-9-17(22,16(21)23-3)12-20-10-8-14(11-20)15-18-13(2)19-24-15/h14,22H,4-12H2,1-3H3/t14-,17-/m1/s1. The molecule has 1 aromatic rings. The van der Waals surface area contributed by atoms with Gasteiger partial charge in [0, 0.05) is 13.1 Å². The summed E-state index contributed by atoms with van der Waals surface area (Å²) in [5, 5.41) is 14.7. The molecule has 136 valence electrons. The van der Waals surface area contributed by atoms with Gasteiger partial charge >= 0.3 is 5.97 Å². The number of esters is 1. The number of ether oxygens (including phenoxy) is 1. The predicted octanol–water partition coefficient (Wildman–Crippen LogP) is 2.04. The number of β-amino-alcohol motifs (C(OH)–C–C–N with tert-alkyl or cyclic N) is 1. The molecule has 0 unspecified atom stereocenters. The molecular weight excluding hydrogens is 310 g/mol. The maximum absolute atomic E-state index is 12.1. The molecular formula is C17H29N3O4. The highest BCUT2D eigenvalue weighted by molar-refractivity contribution is 5.79. The van der Waals surface area contributed by atoms with Gasteiger partial charge in [0.15, 0.2) is 11.4 Å². The summed E-state index contributed by atoms with van der Waals surface area (Å²) in [5.41, 5.74) is -1.44. The number of aryl methyl sites for hydroxylation is 1. The van der Waals surface area contributed by atoms with Gasteiger partial charge in [0.25, 0.3) is 0 Å². The minimum atomic E-state index is -1.44. The van der Waals surface area contributed by atoms with E-state index in [1.54, 1.807) is 6.92 Å². The minimum absolute atomic E-state index is 0.160. The Bertz CT molecular complexity index is 534. The number of carbonyl (C=O) groups excluding carboxylic acids is 1. The van der Waals surface area contributed by atoms with Crippen LogP contribution in [-0.4, -0.2) is 58.5 Å². The van der Waals surface area contributed by atoms with Crippen molar-refractivity contribution in [3.63, 3.8) is 0 Å². The molecule has 7 heteroatoms. The smallest absolute Gasteiger partial charge is 0.339 e. The molecule has 0 spiro atoms. The van der Waals surface area contributed by atoms with Gasteiger partial charge in [-0.05, 0) is 32.7 Å². The number of carbonyl (C=O) groups is 1. The maximum atomic E-state index is 12.1. The van der Waals surface area contributed by atoms with Crippen LogP contribution >= 0.6 is 0 Å². The van der Waals surface area contributed by atoms with E-state index < -0.39 is 11.6 Å². The fourth-order valence-corrected chi connectivity index (χ4v) is 3.31. The van der Waals surface area contributed by atoms with Crippen molar-refractivity contribution in [3.05, 3.63) is 11.7 Å². The van der Waals surface area contributed by atoms with Crippen molar-refractivity contribution in [2.24, 2.45) is 0 Å². The lowest BCUT2D eigenvalue weighted by molar-refractivity contribution is -0.165. The summed E-state index contributed by atoms with van der Waals surface area (Å²) in [6.07, 6.45) is 5.38. The number of aromatic nitrogens is 2. The van der Waals surface area contributed by atoms with Gasteiger partial charge in [0.05, 0.1) is 13.0 Å². The molecule has 0 saturated carbocycles. The zero-order valence-corrected chi connectivity index (χ0v) is 15.0. The van der Waals surface area contributed by atoms with E-state index >= 15 is 0 Å². The van der Waals surface area contributed by atoms with Crippen molar-refractivity contribution < 1.29 is 19.2 Å². The van der Waals surface area contributed by atoms with E-state index in [1.807, 2.05) is 0 Å². The van der Waals surface area contributed by atoms with Crippen LogP contribution in [0, 0.1) is 6.92 Å². The third-order valence-electron chi connectivity index (χ3n) is 4.66. The molecule has 2 rings (SSSR count). The fourth-order valence-electron chi connectivity index (χ4n) is 3.31. The molecule has 2 heterocycles. The summed E-state index contributed by atoms with van der Waals surface area (Å²) in [6, 6.07) is 0. The van der Waals surface area contributed by atoms with Crippen molar-refractivity contribution in [2.45, 2.75) is 63.9 Å². The Morgan fingerprint density at radius 1 is 1.46 bits per heavy atom. The average molecular weight is 339 g/mol. The third kappa shape index (κ3) is 4.77. The SMILES string of the molecule is CCCCCC[C@@](O)(CN1CC[C@@H](c2nc(C)no2)C1)C(=O)OC. The molecule has 0 amide bonds. The minimum Gasteiger partial charge on any atom is -0.467 e. The molecule has 1 saturated heterocycles. The first-order valence-corrected chi connectivity index (χ1v) is 8.82. The lowest BCUT2D eigenvalue weighted by Crippen LogP contribution is -2.49. The van der Waals surface area contributed by atoms with Gasteiger partial charge in [0.2, 0.25) is 5.89 Å². The van der Waals surface area contributed by atoms with Gasteiger partial charge in [-0.3, -0.25) is 4.90 Å². The van der Waals surface area contributed by atoms with Gasteiger partial charge < -0.3 is 14.4 Å². The Hall–Kier alpha value is -1.47. The Morgan fingerprint density at radius 3 is 2.88 bits per heavy atom. The van der Waals surface area contributed by atoms with Crippen molar-refractivity contribution in [3.8, 4) is 0 Å². The van der Waals surface area contributed by atoms with Crippen LogP contribution in [0.5, 0.6) is 0 Å². The highest BCUT2D eigenvalue weighted by Gasteiger charge is 2.40. The van der Waals surface area contributed by atoms with Gasteiger partial charge in [0.1, 0.15) is 0 Å². The van der Waals surface area contributed by atoms with Crippen LogP contribution < -0.4 is 0 Å². The first-order valence-electron chi connectivity index (χ1n) is 8.82. The average Bonchev–Trinajstić information content (AvgIpc) is 3.19. The molecule has 1 aliphatic heterocycles. The summed E-state index contributed by atoms with van der Waals surface area (Å²) in [6.45, 7) is 5.72. The van der Waals surface area contributed by atoms with Crippen LogP contribution in [0.2, 0.25) is 0 Å². The summed E-state index contributed by atoms with van der Waals surface area (Å²) < 4.78 is 10.1. The van der Waals surface area contributed by atoms with Crippen molar-refractivity contribution in [2.75, 3.05) is 26.7 Å². The van der Waals surface area contributed by atoms with E-state index in [9.17, 15) is 9.90 Å². The second-order valence-electron chi connectivity index (χ2n) is 6.73. The summed E-state index contributed by atoms with van der Waals surface area (Å²) in [7, 11) is 1.33. The second kappa shape index (κ2) is 8.58. The number of hydrogen-bond acceptors (Lipinski definition) is 7. The van der Waals surface area contributed by atoms with E-state index in [1.165, 1.54) is 7.11 Å². The quantitative estimate of drug-likeness (QED) is 0.544. The number of rotatable bonds is 9. The molecule has 0 bridgehead atoms. The van der Waals surface area contributed by atoms with Crippen molar-refractivity contribution in [1.29, 1.82) is 0 Å². The highest BCUT2D eigenvalue weighted by Crippen LogP contribution is 2.28. The van der Waals surface area contributed by atoms with Gasteiger partial charge in [-0.25, -0.2) is 4.79 Å². The predicted molar refractivity (Wildman–Crippen MR) is 88.6 cm³/mol. The lowest BCUT2D eigenvalue weighted by atomic mass is 9.95. The van der Waals surface area contributed by atoms with E-state index in [2.05, 4.69) is 22.0 Å². The molecule has 1 fully saturated rings. The first kappa shape index (κ1) is 18.9. The lowest BCUT2D eigenvalue weighted by Gasteiger charge is -2.30. The van der Waals surface area contributed by atoms with Crippen molar-refractivity contribution >= 4 is 5.97 Å². The normalized spacial score (nSPS) is 20.9. The van der Waals surface area contributed by atoms with E-state index in [4.69, 9.17) is 9.26 Å². The zero-order valence-electron chi connectivity index (χ0n) is 15.0. The number of likely N-dealkylation sites (tertiary alicyclic amines) is 1. The van der Waals surface area contributed by atoms with Gasteiger partial charge in [-0.2, -0.15) is 4.98 Å². The van der Waals surface area contributed by atoms with Crippen LogP contribution in [0.4, 0.5) is 0 Å². The summed E-state index contributed by atoms with van der Waals surface area (Å²) in [4.78, 5) is 18.5. The molecule has 2 atom stereocenters. The van der Waals surface area contributed by atoms with Crippen LogP contribution in [0.15, 0.2) is 4.52 Å². The first-order chi connectivity index (χ1) is 11.5. The fraction of sp³-hybridized carbons (Fsp3) is 0.824. The van der Waals surface area contributed by atoms with Crippen LogP contribution in [0.3, 0.4) is 0 Å². The molecule has 1 aromatic heterocycles. The van der Waals surface area contributed by atoms with Crippen molar-refractivity contribution in [1.82, 2.24) is 15.0 Å². The molecule has 1 aliphatic rings. The highest BCUT2D eigenvalue weighted by atomic mass is 16.5. The van der Waals surface area contributed by atoms with Gasteiger partial charge in [-0.1, -0.05) is 31.3 Å². The van der Waals surface area contributed by atoms with Crippen LogP contribution in [0.1, 0.15) is 63.1 Å². The second-order valence-corrected chi connectivity index (χ2v) is 6.73. The Kier molecular flexibility index (Phi) is 6.74. The molecule has 7 nitrogen and oxygen atoms in total. The number of methoxy groups -OCH3 is 1. The molecule has 0 aliphatic carbocycles. The topological polar surface area (TPSA) is 88.7 Å². The number of unbranched alkanes of at least 4 members (excludes halogenated alkanes) is 3. The third-order valence-corrected chi connectivity index (χ3v) is 4.66. The zero-order chi connectivity index (χ0) is 17.6. The molecule has 0 aromatic carbocycles. The molecule has 1 N–H and O–H groups in total. The Balaban J connectivity index is 1.93. The monoisotopic (exact) mass is 339 g/mol. The van der Waals surface area contributed by atoms with Gasteiger partial charge in [-0.15, -0.1) is 0 Å². The van der Waals surface area contributed by atoms with Crippen LogP contribution in [-0.2, 0) is 9.53 Å². The largest absolute Gasteiger partial charge is 0.467 e. The maximum Gasteiger partial charge on any atom is 0.339 e. The number of hydrogen-bond donors (Lipinski definition) is 1. The Morgan fingerprint density at radius 2 is 2.25 bits per heavy atom.